The Morgan fingerprint density at radius 3 is 2.33 bits per heavy atom. The number of hydrogen-bond donors (Lipinski definition) is 1. The van der Waals surface area contributed by atoms with Gasteiger partial charge in [-0.1, -0.05) is 23.7 Å². The van der Waals surface area contributed by atoms with Gasteiger partial charge in [0.25, 0.3) is 0 Å². The average molecular weight is 339 g/mol. The van der Waals surface area contributed by atoms with Crippen molar-refractivity contribution in [3.8, 4) is 22.6 Å². The van der Waals surface area contributed by atoms with Gasteiger partial charge in [-0.05, 0) is 45.0 Å². The summed E-state index contributed by atoms with van der Waals surface area (Å²) >= 11 is 5.99. The first-order chi connectivity index (χ1) is 11.4. The molecule has 0 spiro atoms. The van der Waals surface area contributed by atoms with E-state index in [1.54, 1.807) is 12.4 Å². The second-order valence-electron chi connectivity index (χ2n) is 6.59. The van der Waals surface area contributed by atoms with E-state index in [1.807, 2.05) is 42.5 Å². The Hall–Kier alpha value is -2.46. The summed E-state index contributed by atoms with van der Waals surface area (Å²) in [5.74, 6) is 1.42. The van der Waals surface area contributed by atoms with E-state index in [4.69, 9.17) is 16.6 Å². The van der Waals surface area contributed by atoms with Crippen LogP contribution in [-0.2, 0) is 0 Å². The molecule has 0 unspecified atom stereocenters. The number of rotatable bonds is 3. The van der Waals surface area contributed by atoms with E-state index in [-0.39, 0.29) is 5.54 Å². The highest BCUT2D eigenvalue weighted by Gasteiger charge is 2.14. The van der Waals surface area contributed by atoms with Gasteiger partial charge in [-0.15, -0.1) is 0 Å². The van der Waals surface area contributed by atoms with Gasteiger partial charge in [-0.25, -0.2) is 9.97 Å². The Balaban J connectivity index is 2.11. The lowest BCUT2D eigenvalue weighted by Gasteiger charge is -2.22. The minimum atomic E-state index is -0.0994. The molecule has 122 valence electrons. The van der Waals surface area contributed by atoms with Crippen LogP contribution in [0.2, 0.25) is 5.02 Å². The van der Waals surface area contributed by atoms with Crippen LogP contribution in [-0.4, -0.2) is 20.5 Å². The molecule has 3 rings (SSSR count). The van der Waals surface area contributed by atoms with Crippen LogP contribution < -0.4 is 5.32 Å². The lowest BCUT2D eigenvalue weighted by Crippen LogP contribution is -2.26. The molecule has 0 bridgehead atoms. The molecule has 0 amide bonds. The topological polar surface area (TPSA) is 50.7 Å². The van der Waals surface area contributed by atoms with Gasteiger partial charge < -0.3 is 5.32 Å². The Labute approximate surface area is 147 Å². The first-order valence-corrected chi connectivity index (χ1v) is 8.12. The molecule has 0 saturated heterocycles. The minimum absolute atomic E-state index is 0.0994. The van der Waals surface area contributed by atoms with Crippen LogP contribution >= 0.6 is 11.6 Å². The second kappa shape index (κ2) is 6.57. The number of halogens is 1. The summed E-state index contributed by atoms with van der Waals surface area (Å²) in [5.41, 5.74) is 2.61. The maximum atomic E-state index is 5.99. The average Bonchev–Trinajstić information content (AvgIpc) is 2.54. The summed E-state index contributed by atoms with van der Waals surface area (Å²) in [5, 5.41) is 4.12. The minimum Gasteiger partial charge on any atom is -0.365 e. The fourth-order valence-corrected chi connectivity index (χ4v) is 2.41. The quantitative estimate of drug-likeness (QED) is 0.724. The Morgan fingerprint density at radius 2 is 1.71 bits per heavy atom. The Bertz CT molecular complexity index is 824. The summed E-state index contributed by atoms with van der Waals surface area (Å²) in [6, 6.07) is 13.4. The molecule has 1 aromatic carbocycles. The first-order valence-electron chi connectivity index (χ1n) is 7.74. The molecule has 1 N–H and O–H groups in total. The standard InChI is InChI=1S/C19H19ClN4/c1-19(2,3)24-17-11-16(13-6-8-15(20)9-7-13)22-18(23-17)14-5-4-10-21-12-14/h4-12H,1-3H3,(H,22,23,24). The summed E-state index contributed by atoms with van der Waals surface area (Å²) in [7, 11) is 0. The molecule has 0 atom stereocenters. The maximum absolute atomic E-state index is 5.99. The van der Waals surface area contributed by atoms with Gasteiger partial charge in [-0.2, -0.15) is 0 Å². The molecule has 0 aliphatic heterocycles. The van der Waals surface area contributed by atoms with Crippen molar-refractivity contribution in [3.63, 3.8) is 0 Å². The van der Waals surface area contributed by atoms with E-state index in [0.717, 1.165) is 22.6 Å². The van der Waals surface area contributed by atoms with Crippen LogP contribution in [0.15, 0.2) is 54.9 Å². The predicted octanol–water partition coefficient (Wildman–Crippen LogP) is 5.07. The molecule has 0 saturated carbocycles. The summed E-state index contributed by atoms with van der Waals surface area (Å²) in [6.07, 6.45) is 3.50. The van der Waals surface area contributed by atoms with Crippen molar-refractivity contribution in [3.05, 3.63) is 59.9 Å². The highest BCUT2D eigenvalue weighted by Crippen LogP contribution is 2.26. The molecule has 2 heterocycles. The smallest absolute Gasteiger partial charge is 0.163 e. The van der Waals surface area contributed by atoms with E-state index < -0.39 is 0 Å². The predicted molar refractivity (Wildman–Crippen MR) is 99.1 cm³/mol. The van der Waals surface area contributed by atoms with Crippen LogP contribution in [0.4, 0.5) is 5.82 Å². The van der Waals surface area contributed by atoms with Gasteiger partial charge >= 0.3 is 0 Å². The van der Waals surface area contributed by atoms with Gasteiger partial charge in [0.05, 0.1) is 5.69 Å². The van der Waals surface area contributed by atoms with E-state index in [0.29, 0.717) is 10.8 Å². The zero-order valence-electron chi connectivity index (χ0n) is 13.9. The number of hydrogen-bond acceptors (Lipinski definition) is 4. The fourth-order valence-electron chi connectivity index (χ4n) is 2.29. The van der Waals surface area contributed by atoms with Crippen molar-refractivity contribution < 1.29 is 0 Å². The number of anilines is 1. The molecule has 24 heavy (non-hydrogen) atoms. The lowest BCUT2D eigenvalue weighted by molar-refractivity contribution is 0.630. The van der Waals surface area contributed by atoms with Crippen molar-refractivity contribution in [1.29, 1.82) is 0 Å². The number of aromatic nitrogens is 3. The molecule has 4 nitrogen and oxygen atoms in total. The molecule has 0 aliphatic carbocycles. The summed E-state index contributed by atoms with van der Waals surface area (Å²) < 4.78 is 0. The number of nitrogens with one attached hydrogen (secondary N) is 1. The Kier molecular flexibility index (Phi) is 4.49. The Morgan fingerprint density at radius 1 is 0.958 bits per heavy atom. The van der Waals surface area contributed by atoms with E-state index in [1.165, 1.54) is 0 Å². The third kappa shape index (κ3) is 4.09. The van der Waals surface area contributed by atoms with Crippen molar-refractivity contribution >= 4 is 17.4 Å². The van der Waals surface area contributed by atoms with Gasteiger partial charge in [0.1, 0.15) is 5.82 Å². The van der Waals surface area contributed by atoms with Crippen molar-refractivity contribution in [1.82, 2.24) is 15.0 Å². The van der Waals surface area contributed by atoms with Crippen molar-refractivity contribution in [2.45, 2.75) is 26.3 Å². The molecule has 5 heteroatoms. The first kappa shape index (κ1) is 16.4. The van der Waals surface area contributed by atoms with Gasteiger partial charge in [-0.3, -0.25) is 4.98 Å². The largest absolute Gasteiger partial charge is 0.365 e. The van der Waals surface area contributed by atoms with Crippen LogP contribution in [0.5, 0.6) is 0 Å². The highest BCUT2D eigenvalue weighted by molar-refractivity contribution is 6.30. The maximum Gasteiger partial charge on any atom is 0.163 e. The monoisotopic (exact) mass is 338 g/mol. The highest BCUT2D eigenvalue weighted by atomic mass is 35.5. The third-order valence-corrected chi connectivity index (χ3v) is 3.54. The van der Waals surface area contributed by atoms with E-state index in [2.05, 4.69) is 36.1 Å². The summed E-state index contributed by atoms with van der Waals surface area (Å²) in [4.78, 5) is 13.5. The van der Waals surface area contributed by atoms with Crippen LogP contribution in [0.3, 0.4) is 0 Å². The normalized spacial score (nSPS) is 11.3. The van der Waals surface area contributed by atoms with Crippen LogP contribution in [0.1, 0.15) is 20.8 Å². The van der Waals surface area contributed by atoms with Gasteiger partial charge in [0, 0.05) is 40.1 Å². The van der Waals surface area contributed by atoms with Gasteiger partial charge in [0.15, 0.2) is 5.82 Å². The molecule has 0 aliphatic rings. The molecule has 2 aromatic heterocycles. The van der Waals surface area contributed by atoms with Crippen LogP contribution in [0.25, 0.3) is 22.6 Å². The number of nitrogens with zero attached hydrogens (tertiary/aromatic N) is 3. The van der Waals surface area contributed by atoms with Gasteiger partial charge in [0.2, 0.25) is 0 Å². The lowest BCUT2D eigenvalue weighted by atomic mass is 10.1. The second-order valence-corrected chi connectivity index (χ2v) is 7.02. The molecule has 0 fully saturated rings. The summed E-state index contributed by atoms with van der Waals surface area (Å²) in [6.45, 7) is 6.29. The molecule has 3 aromatic rings. The molecule has 0 radical (unpaired) electrons. The SMILES string of the molecule is CC(C)(C)Nc1cc(-c2ccc(Cl)cc2)nc(-c2cccnc2)n1. The zero-order valence-corrected chi connectivity index (χ0v) is 14.7. The number of pyridine rings is 1. The van der Waals surface area contributed by atoms with Crippen molar-refractivity contribution in [2.75, 3.05) is 5.32 Å². The number of benzene rings is 1. The van der Waals surface area contributed by atoms with Crippen molar-refractivity contribution in [2.24, 2.45) is 0 Å². The van der Waals surface area contributed by atoms with Crippen LogP contribution in [0, 0.1) is 0 Å². The van der Waals surface area contributed by atoms with E-state index in [9.17, 15) is 0 Å². The fraction of sp³-hybridized carbons (Fsp3) is 0.211. The molecular weight excluding hydrogens is 320 g/mol. The third-order valence-electron chi connectivity index (χ3n) is 3.29. The zero-order chi connectivity index (χ0) is 17.2. The molecular formula is C19H19ClN4. The van der Waals surface area contributed by atoms with E-state index >= 15 is 0 Å².